The molecule has 2 fully saturated rings. The molecule has 1 aliphatic heterocycles. The molecule has 31 heavy (non-hydrogen) atoms. The summed E-state index contributed by atoms with van der Waals surface area (Å²) < 4.78 is 0. The van der Waals surface area contributed by atoms with E-state index in [0.29, 0.717) is 28.3 Å². The normalized spacial score (nSPS) is 20.2. The monoisotopic (exact) mass is 457 g/mol. The lowest BCUT2D eigenvalue weighted by Gasteiger charge is -2.34. The molecule has 1 saturated carbocycles. The molecule has 0 radical (unpaired) electrons. The number of hydrogen-bond acceptors (Lipinski definition) is 7. The van der Waals surface area contributed by atoms with Crippen LogP contribution in [0.5, 0.6) is 0 Å². The van der Waals surface area contributed by atoms with Crippen molar-refractivity contribution in [3.63, 3.8) is 0 Å². The van der Waals surface area contributed by atoms with Gasteiger partial charge in [-0.25, -0.2) is 15.0 Å². The minimum atomic E-state index is 0.430. The van der Waals surface area contributed by atoms with Crippen LogP contribution in [-0.2, 0) is 0 Å². The highest BCUT2D eigenvalue weighted by molar-refractivity contribution is 7.99. The maximum atomic E-state index is 5.61. The number of piperidine rings is 1. The summed E-state index contributed by atoms with van der Waals surface area (Å²) in [6.07, 6.45) is 14.6. The van der Waals surface area contributed by atoms with Gasteiger partial charge in [0.25, 0.3) is 0 Å². The Hall–Kier alpha value is -2.00. The third-order valence-corrected chi connectivity index (χ3v) is 6.97. The van der Waals surface area contributed by atoms with Gasteiger partial charge in [-0.3, -0.25) is 0 Å². The van der Waals surface area contributed by atoms with Crippen molar-refractivity contribution in [2.45, 2.75) is 87.0 Å². The van der Waals surface area contributed by atoms with Gasteiger partial charge in [0.15, 0.2) is 10.3 Å². The van der Waals surface area contributed by atoms with E-state index in [4.69, 9.17) is 22.2 Å². The van der Waals surface area contributed by atoms with Crippen LogP contribution in [0.2, 0.25) is 0 Å². The van der Waals surface area contributed by atoms with Crippen LogP contribution in [0.3, 0.4) is 0 Å². The lowest BCUT2D eigenvalue weighted by Crippen LogP contribution is -2.39. The predicted molar refractivity (Wildman–Crippen MR) is 130 cm³/mol. The van der Waals surface area contributed by atoms with Crippen LogP contribution in [0.15, 0.2) is 34.7 Å². The fourth-order valence-electron chi connectivity index (χ4n) is 4.29. The van der Waals surface area contributed by atoms with Crippen molar-refractivity contribution in [2.24, 2.45) is 0 Å². The summed E-state index contributed by atoms with van der Waals surface area (Å²) >= 11 is 7.05. The van der Waals surface area contributed by atoms with Gasteiger partial charge in [-0.2, -0.15) is 4.98 Å². The Morgan fingerprint density at radius 1 is 1.03 bits per heavy atom. The first-order valence-corrected chi connectivity index (χ1v) is 12.6. The van der Waals surface area contributed by atoms with Crippen molar-refractivity contribution in [3.05, 3.63) is 24.5 Å². The molecule has 7 nitrogen and oxygen atoms in total. The molecule has 166 valence electrons. The van der Waals surface area contributed by atoms with Gasteiger partial charge in [0.2, 0.25) is 5.95 Å². The molecular formula is C22H31N7S2. The molecule has 4 rings (SSSR count). The van der Waals surface area contributed by atoms with E-state index in [2.05, 4.69) is 32.4 Å². The zero-order chi connectivity index (χ0) is 21.5. The zero-order valence-electron chi connectivity index (χ0n) is 18.1. The van der Waals surface area contributed by atoms with Crippen LogP contribution in [0.25, 0.3) is 0 Å². The summed E-state index contributed by atoms with van der Waals surface area (Å²) in [5.41, 5.74) is 0. The van der Waals surface area contributed by atoms with Gasteiger partial charge in [0.05, 0.1) is 0 Å². The number of aromatic nitrogens is 4. The summed E-state index contributed by atoms with van der Waals surface area (Å²) in [5.74, 6) is 1.46. The van der Waals surface area contributed by atoms with Crippen molar-refractivity contribution < 1.29 is 0 Å². The molecule has 1 aliphatic carbocycles. The summed E-state index contributed by atoms with van der Waals surface area (Å²) in [4.78, 5) is 20.6. The lowest BCUT2D eigenvalue weighted by atomic mass is 10.0. The molecule has 2 N–H and O–H groups in total. The minimum Gasteiger partial charge on any atom is -0.360 e. The van der Waals surface area contributed by atoms with Crippen LogP contribution in [0.4, 0.5) is 11.8 Å². The number of anilines is 2. The van der Waals surface area contributed by atoms with Gasteiger partial charge in [-0.05, 0) is 69.1 Å². The summed E-state index contributed by atoms with van der Waals surface area (Å²) in [6, 6.07) is 4.74. The van der Waals surface area contributed by atoms with Crippen LogP contribution in [0, 0.1) is 0 Å². The first-order chi connectivity index (χ1) is 15.2. The van der Waals surface area contributed by atoms with E-state index in [0.717, 1.165) is 17.4 Å². The highest BCUT2D eigenvalue weighted by Gasteiger charge is 2.22. The van der Waals surface area contributed by atoms with Crippen molar-refractivity contribution in [3.8, 4) is 0 Å². The van der Waals surface area contributed by atoms with Crippen molar-refractivity contribution in [2.75, 3.05) is 16.8 Å². The van der Waals surface area contributed by atoms with Crippen molar-refractivity contribution in [1.29, 1.82) is 0 Å². The SMILES string of the molecule is C[C@@H]1CCCCN1c1cc(Sc2ncccn2)nc(NC(=S)NC2CCCCCC2)n1. The Labute approximate surface area is 194 Å². The minimum absolute atomic E-state index is 0.430. The smallest absolute Gasteiger partial charge is 0.232 e. The average molecular weight is 458 g/mol. The average Bonchev–Trinajstić information content (AvgIpc) is 3.03. The summed E-state index contributed by atoms with van der Waals surface area (Å²) in [5, 5.41) is 8.81. The number of rotatable bonds is 5. The Morgan fingerprint density at radius 2 is 1.77 bits per heavy atom. The van der Waals surface area contributed by atoms with E-state index in [1.165, 1.54) is 69.5 Å². The number of nitrogens with one attached hydrogen (secondary N) is 2. The van der Waals surface area contributed by atoms with Crippen molar-refractivity contribution in [1.82, 2.24) is 25.3 Å². The largest absolute Gasteiger partial charge is 0.360 e. The molecule has 0 aromatic carbocycles. The maximum Gasteiger partial charge on any atom is 0.232 e. The molecule has 0 unspecified atom stereocenters. The van der Waals surface area contributed by atoms with E-state index in [-0.39, 0.29) is 0 Å². The molecule has 1 atom stereocenters. The fraction of sp³-hybridized carbons (Fsp3) is 0.591. The van der Waals surface area contributed by atoms with Gasteiger partial charge in [0.1, 0.15) is 10.8 Å². The molecule has 3 heterocycles. The third-order valence-electron chi connectivity index (χ3n) is 5.94. The Kier molecular flexibility index (Phi) is 7.91. The Morgan fingerprint density at radius 3 is 2.52 bits per heavy atom. The molecule has 1 saturated heterocycles. The fourth-order valence-corrected chi connectivity index (χ4v) is 5.25. The van der Waals surface area contributed by atoms with Crippen molar-refractivity contribution >= 4 is 40.9 Å². The Bertz CT molecular complexity index is 856. The van der Waals surface area contributed by atoms with Crippen LogP contribution >= 0.6 is 24.0 Å². The molecule has 2 aliphatic rings. The van der Waals surface area contributed by atoms with Gasteiger partial charge < -0.3 is 15.5 Å². The van der Waals surface area contributed by atoms with E-state index in [1.807, 2.05) is 12.1 Å². The van der Waals surface area contributed by atoms with Gasteiger partial charge in [-0.15, -0.1) is 0 Å². The predicted octanol–water partition coefficient (Wildman–Crippen LogP) is 4.81. The maximum absolute atomic E-state index is 5.61. The van der Waals surface area contributed by atoms with Gasteiger partial charge >= 0.3 is 0 Å². The molecule has 2 aromatic rings. The van der Waals surface area contributed by atoms with E-state index >= 15 is 0 Å². The van der Waals surface area contributed by atoms with Crippen LogP contribution in [0.1, 0.15) is 64.7 Å². The molecule has 0 bridgehead atoms. The van der Waals surface area contributed by atoms with E-state index in [9.17, 15) is 0 Å². The lowest BCUT2D eigenvalue weighted by molar-refractivity contribution is 0.480. The summed E-state index contributed by atoms with van der Waals surface area (Å²) in [7, 11) is 0. The molecule has 0 spiro atoms. The second kappa shape index (κ2) is 11.0. The first kappa shape index (κ1) is 22.2. The number of thiocarbonyl (C=S) groups is 1. The highest BCUT2D eigenvalue weighted by Crippen LogP contribution is 2.30. The standard InChI is InChI=1S/C22H31N7S2/c1-16-9-6-7-14-29(16)18-15-19(31-22-23-12-8-13-24-22)27-20(26-18)28-21(30)25-17-10-4-2-3-5-11-17/h8,12-13,15-17H,2-7,9-11,14H2,1H3,(H2,25,26,27,28,30)/t16-/m1/s1. The topological polar surface area (TPSA) is 78.9 Å². The zero-order valence-corrected chi connectivity index (χ0v) is 19.7. The Balaban J connectivity index is 1.52. The van der Waals surface area contributed by atoms with E-state index in [1.54, 1.807) is 12.4 Å². The third kappa shape index (κ3) is 6.49. The number of hydrogen-bond donors (Lipinski definition) is 2. The molecule has 9 heteroatoms. The molecule has 2 aromatic heterocycles. The van der Waals surface area contributed by atoms with Gasteiger partial charge in [0, 0.05) is 37.1 Å². The summed E-state index contributed by atoms with van der Waals surface area (Å²) in [6.45, 7) is 3.27. The molecule has 0 amide bonds. The van der Waals surface area contributed by atoms with Gasteiger partial charge in [-0.1, -0.05) is 25.7 Å². The van der Waals surface area contributed by atoms with Crippen LogP contribution in [-0.4, -0.2) is 43.7 Å². The van der Waals surface area contributed by atoms with E-state index < -0.39 is 0 Å². The second-order valence-corrected chi connectivity index (χ2v) is 9.74. The highest BCUT2D eigenvalue weighted by atomic mass is 32.2. The molecular weight excluding hydrogens is 426 g/mol. The number of nitrogens with zero attached hydrogens (tertiary/aromatic N) is 5. The quantitative estimate of drug-likeness (QED) is 0.285. The first-order valence-electron chi connectivity index (χ1n) is 11.4. The second-order valence-electron chi connectivity index (χ2n) is 8.35. The van der Waals surface area contributed by atoms with Crippen LogP contribution < -0.4 is 15.5 Å².